The Morgan fingerprint density at radius 2 is 1.84 bits per heavy atom. The summed E-state index contributed by atoms with van der Waals surface area (Å²) in [6.45, 7) is 7.31. The molecule has 3 rings (SSSR count). The van der Waals surface area contributed by atoms with Gasteiger partial charge in [0.1, 0.15) is 0 Å². The molecule has 1 aliphatic heterocycles. The highest BCUT2D eigenvalue weighted by Gasteiger charge is 2.45. The maximum absolute atomic E-state index is 3.89. The second-order valence-electron chi connectivity index (χ2n) is 7.14. The maximum Gasteiger partial charge on any atom is 0.0224 e. The molecule has 2 heteroatoms. The summed E-state index contributed by atoms with van der Waals surface area (Å²) < 4.78 is 0. The molecule has 2 aliphatic carbocycles. The first-order chi connectivity index (χ1) is 9.33. The van der Waals surface area contributed by atoms with Gasteiger partial charge in [-0.15, -0.1) is 0 Å². The molecule has 0 aromatic rings. The molecule has 1 N–H and O–H groups in total. The number of hydrogen-bond donors (Lipinski definition) is 1. The van der Waals surface area contributed by atoms with Crippen LogP contribution in [-0.4, -0.2) is 36.1 Å². The van der Waals surface area contributed by atoms with E-state index in [0.717, 1.165) is 30.0 Å². The van der Waals surface area contributed by atoms with Crippen LogP contribution < -0.4 is 5.32 Å². The second kappa shape index (κ2) is 6.13. The molecule has 4 unspecified atom stereocenters. The average molecular weight is 264 g/mol. The maximum atomic E-state index is 3.89. The number of nitrogens with zero attached hydrogens (tertiary/aromatic N) is 1. The monoisotopic (exact) mass is 264 g/mol. The second-order valence-corrected chi connectivity index (χ2v) is 7.14. The van der Waals surface area contributed by atoms with Gasteiger partial charge in [0.25, 0.3) is 0 Å². The molecule has 110 valence electrons. The van der Waals surface area contributed by atoms with Crippen LogP contribution in [0.3, 0.4) is 0 Å². The van der Waals surface area contributed by atoms with Crippen LogP contribution in [-0.2, 0) is 0 Å². The van der Waals surface area contributed by atoms with Crippen LogP contribution in [0.1, 0.15) is 65.2 Å². The van der Waals surface area contributed by atoms with E-state index in [0.29, 0.717) is 0 Å². The number of rotatable bonds is 4. The third-order valence-corrected chi connectivity index (χ3v) is 6.02. The Bertz CT molecular complexity index is 285. The van der Waals surface area contributed by atoms with Crippen molar-refractivity contribution in [1.82, 2.24) is 10.2 Å². The zero-order valence-electron chi connectivity index (χ0n) is 12.9. The fourth-order valence-corrected chi connectivity index (χ4v) is 4.56. The van der Waals surface area contributed by atoms with Crippen LogP contribution in [0.15, 0.2) is 0 Å². The van der Waals surface area contributed by atoms with Gasteiger partial charge in [0.15, 0.2) is 0 Å². The molecule has 3 fully saturated rings. The predicted octanol–water partition coefficient (Wildman–Crippen LogP) is 3.42. The van der Waals surface area contributed by atoms with E-state index in [4.69, 9.17) is 0 Å². The molecule has 0 spiro atoms. The van der Waals surface area contributed by atoms with Crippen molar-refractivity contribution in [3.05, 3.63) is 0 Å². The van der Waals surface area contributed by atoms with Gasteiger partial charge >= 0.3 is 0 Å². The molecule has 0 bridgehead atoms. The van der Waals surface area contributed by atoms with E-state index in [-0.39, 0.29) is 0 Å². The molecule has 0 amide bonds. The summed E-state index contributed by atoms with van der Waals surface area (Å²) in [5, 5.41) is 3.89. The molecular formula is C17H32N2. The first-order valence-electron chi connectivity index (χ1n) is 8.82. The summed E-state index contributed by atoms with van der Waals surface area (Å²) in [5.41, 5.74) is 0. The van der Waals surface area contributed by atoms with E-state index in [1.807, 2.05) is 0 Å². The van der Waals surface area contributed by atoms with E-state index in [1.54, 1.807) is 0 Å². The molecular weight excluding hydrogens is 232 g/mol. The Kier molecular flexibility index (Phi) is 4.48. The van der Waals surface area contributed by atoms with Gasteiger partial charge in [-0.3, -0.25) is 4.90 Å². The van der Waals surface area contributed by atoms with Gasteiger partial charge < -0.3 is 5.32 Å². The van der Waals surface area contributed by atoms with E-state index in [9.17, 15) is 0 Å². The highest BCUT2D eigenvalue weighted by Crippen LogP contribution is 2.41. The minimum Gasteiger partial charge on any atom is -0.311 e. The van der Waals surface area contributed by atoms with E-state index >= 15 is 0 Å². The van der Waals surface area contributed by atoms with Gasteiger partial charge in [0, 0.05) is 31.2 Å². The number of nitrogens with one attached hydrogen (secondary N) is 1. The Labute approximate surface area is 119 Å². The van der Waals surface area contributed by atoms with Crippen molar-refractivity contribution < 1.29 is 0 Å². The minimum atomic E-state index is 0.793. The van der Waals surface area contributed by atoms with Crippen molar-refractivity contribution in [1.29, 1.82) is 0 Å². The third kappa shape index (κ3) is 3.00. The Morgan fingerprint density at radius 1 is 1.05 bits per heavy atom. The highest BCUT2D eigenvalue weighted by atomic mass is 15.3. The molecule has 1 saturated heterocycles. The lowest BCUT2D eigenvalue weighted by Gasteiger charge is -2.44. The van der Waals surface area contributed by atoms with Gasteiger partial charge in [0.05, 0.1) is 0 Å². The van der Waals surface area contributed by atoms with Crippen LogP contribution in [0.25, 0.3) is 0 Å². The lowest BCUT2D eigenvalue weighted by molar-refractivity contribution is 0.0821. The average Bonchev–Trinajstić information content (AvgIpc) is 3.27. The molecule has 19 heavy (non-hydrogen) atoms. The SMILES string of the molecule is CCC1CC1N1CC(C2CCCCC2)NCC1CC. The first kappa shape index (κ1) is 13.9. The van der Waals surface area contributed by atoms with Crippen LogP contribution in [0.2, 0.25) is 0 Å². The van der Waals surface area contributed by atoms with Gasteiger partial charge in [-0.25, -0.2) is 0 Å². The normalized spacial score (nSPS) is 41.4. The van der Waals surface area contributed by atoms with Crippen molar-refractivity contribution in [2.45, 2.75) is 83.3 Å². The van der Waals surface area contributed by atoms with Crippen LogP contribution >= 0.6 is 0 Å². The molecule has 1 heterocycles. The molecule has 0 aromatic carbocycles. The summed E-state index contributed by atoms with van der Waals surface area (Å²) in [4.78, 5) is 2.89. The Morgan fingerprint density at radius 3 is 2.47 bits per heavy atom. The number of piperazine rings is 1. The van der Waals surface area contributed by atoms with Crippen molar-refractivity contribution in [3.8, 4) is 0 Å². The van der Waals surface area contributed by atoms with Gasteiger partial charge in [-0.05, 0) is 37.5 Å². The van der Waals surface area contributed by atoms with Crippen molar-refractivity contribution in [2.75, 3.05) is 13.1 Å². The standard InChI is InChI=1S/C17H32N2/c1-3-13-10-17(13)19-12-16(18-11-15(19)4-2)14-8-6-5-7-9-14/h13-18H,3-12H2,1-2H3. The van der Waals surface area contributed by atoms with Crippen LogP contribution in [0.5, 0.6) is 0 Å². The highest BCUT2D eigenvalue weighted by molar-refractivity contribution is 5.01. The topological polar surface area (TPSA) is 15.3 Å². The molecule has 4 atom stereocenters. The third-order valence-electron chi connectivity index (χ3n) is 6.02. The van der Waals surface area contributed by atoms with Crippen LogP contribution in [0.4, 0.5) is 0 Å². The quantitative estimate of drug-likeness (QED) is 0.837. The molecule has 0 radical (unpaired) electrons. The smallest absolute Gasteiger partial charge is 0.0224 e. The zero-order chi connectivity index (χ0) is 13.2. The van der Waals surface area contributed by atoms with Gasteiger partial charge in [-0.1, -0.05) is 39.5 Å². The molecule has 0 aromatic heterocycles. The fourth-order valence-electron chi connectivity index (χ4n) is 4.56. The Balaban J connectivity index is 1.60. The summed E-state index contributed by atoms with van der Waals surface area (Å²) in [7, 11) is 0. The lowest BCUT2D eigenvalue weighted by atomic mass is 9.82. The van der Waals surface area contributed by atoms with E-state index < -0.39 is 0 Å². The first-order valence-corrected chi connectivity index (χ1v) is 8.82. The fraction of sp³-hybridized carbons (Fsp3) is 1.00. The van der Waals surface area contributed by atoms with Crippen molar-refractivity contribution in [3.63, 3.8) is 0 Å². The van der Waals surface area contributed by atoms with Gasteiger partial charge in [-0.2, -0.15) is 0 Å². The molecule has 2 nitrogen and oxygen atoms in total. The van der Waals surface area contributed by atoms with E-state index in [1.165, 1.54) is 64.5 Å². The summed E-state index contributed by atoms with van der Waals surface area (Å²) >= 11 is 0. The zero-order valence-corrected chi connectivity index (χ0v) is 12.9. The minimum absolute atomic E-state index is 0.793. The predicted molar refractivity (Wildman–Crippen MR) is 81.3 cm³/mol. The van der Waals surface area contributed by atoms with Crippen molar-refractivity contribution >= 4 is 0 Å². The van der Waals surface area contributed by atoms with Gasteiger partial charge in [0.2, 0.25) is 0 Å². The summed E-state index contributed by atoms with van der Waals surface area (Å²) in [5.74, 6) is 1.98. The number of hydrogen-bond acceptors (Lipinski definition) is 2. The Hall–Kier alpha value is -0.0800. The van der Waals surface area contributed by atoms with Crippen molar-refractivity contribution in [2.24, 2.45) is 11.8 Å². The summed E-state index contributed by atoms with van der Waals surface area (Å²) in [6, 6.07) is 2.53. The van der Waals surface area contributed by atoms with E-state index in [2.05, 4.69) is 24.1 Å². The van der Waals surface area contributed by atoms with Crippen LogP contribution in [0, 0.1) is 11.8 Å². The lowest BCUT2D eigenvalue weighted by Crippen LogP contribution is -2.59. The summed E-state index contributed by atoms with van der Waals surface area (Å²) in [6.07, 6.45) is 11.6. The molecule has 2 saturated carbocycles. The molecule has 3 aliphatic rings. The largest absolute Gasteiger partial charge is 0.311 e.